The molecule has 0 fully saturated rings. The number of hydrogen-bond donors (Lipinski definition) is 2. The van der Waals surface area contributed by atoms with E-state index in [0.717, 1.165) is 24.0 Å². The number of aromatic hydroxyl groups is 1. The molecule has 0 heterocycles. The van der Waals surface area contributed by atoms with Crippen LogP contribution < -0.4 is 5.73 Å². The van der Waals surface area contributed by atoms with Crippen LogP contribution in [0.2, 0.25) is 0 Å². The van der Waals surface area contributed by atoms with Gasteiger partial charge in [0.25, 0.3) is 0 Å². The Labute approximate surface area is 85.1 Å². The number of allylic oxidation sites excluding steroid dienone is 1. The number of hydrogen-bond acceptors (Lipinski definition) is 2. The van der Waals surface area contributed by atoms with Crippen LogP contribution in [0.1, 0.15) is 30.0 Å². The highest BCUT2D eigenvalue weighted by Gasteiger charge is 2.10. The smallest absolute Gasteiger partial charge is 0.123 e. The summed E-state index contributed by atoms with van der Waals surface area (Å²) in [5, 5.41) is 9.76. The van der Waals surface area contributed by atoms with E-state index in [9.17, 15) is 5.11 Å². The third-order valence-electron chi connectivity index (χ3n) is 2.35. The SMILES string of the molecule is C=CCC[C@H](N)c1cccc(C)c1O. The minimum absolute atomic E-state index is 0.104. The lowest BCUT2D eigenvalue weighted by Crippen LogP contribution is -2.10. The van der Waals surface area contributed by atoms with Gasteiger partial charge < -0.3 is 10.8 Å². The molecule has 3 N–H and O–H groups in total. The molecule has 0 aromatic heterocycles. The Hall–Kier alpha value is -1.28. The van der Waals surface area contributed by atoms with E-state index >= 15 is 0 Å². The van der Waals surface area contributed by atoms with E-state index < -0.39 is 0 Å². The molecule has 1 atom stereocenters. The molecule has 14 heavy (non-hydrogen) atoms. The zero-order valence-corrected chi connectivity index (χ0v) is 8.53. The van der Waals surface area contributed by atoms with Gasteiger partial charge >= 0.3 is 0 Å². The lowest BCUT2D eigenvalue weighted by Gasteiger charge is -2.13. The highest BCUT2D eigenvalue weighted by atomic mass is 16.3. The van der Waals surface area contributed by atoms with Crippen molar-refractivity contribution < 1.29 is 5.11 Å². The van der Waals surface area contributed by atoms with Gasteiger partial charge in [-0.05, 0) is 25.3 Å². The third-order valence-corrected chi connectivity index (χ3v) is 2.35. The van der Waals surface area contributed by atoms with Crippen LogP contribution in [0.25, 0.3) is 0 Å². The molecular weight excluding hydrogens is 174 g/mol. The minimum atomic E-state index is -0.104. The standard InChI is InChI=1S/C12H17NO/c1-3-4-8-11(13)10-7-5-6-9(2)12(10)14/h3,5-7,11,14H,1,4,8,13H2,2H3/t11-/m0/s1. The molecule has 0 unspecified atom stereocenters. The molecule has 0 spiro atoms. The van der Waals surface area contributed by atoms with Gasteiger partial charge in [0.05, 0.1) is 0 Å². The maximum Gasteiger partial charge on any atom is 0.123 e. The van der Waals surface area contributed by atoms with E-state index in [-0.39, 0.29) is 6.04 Å². The fourth-order valence-electron chi connectivity index (χ4n) is 1.43. The Morgan fingerprint density at radius 2 is 2.29 bits per heavy atom. The minimum Gasteiger partial charge on any atom is -0.507 e. The molecule has 76 valence electrons. The van der Waals surface area contributed by atoms with Crippen LogP contribution in [0.4, 0.5) is 0 Å². The summed E-state index contributed by atoms with van der Waals surface area (Å²) in [6, 6.07) is 5.56. The first-order chi connectivity index (χ1) is 6.66. The average molecular weight is 191 g/mol. The van der Waals surface area contributed by atoms with Crippen molar-refractivity contribution >= 4 is 0 Å². The summed E-state index contributed by atoms with van der Waals surface area (Å²) < 4.78 is 0. The molecule has 1 rings (SSSR count). The van der Waals surface area contributed by atoms with Gasteiger partial charge in [0, 0.05) is 11.6 Å². The number of para-hydroxylation sites is 1. The lowest BCUT2D eigenvalue weighted by molar-refractivity contribution is 0.455. The molecule has 2 heteroatoms. The van der Waals surface area contributed by atoms with Gasteiger partial charge in [-0.15, -0.1) is 6.58 Å². The summed E-state index contributed by atoms with van der Waals surface area (Å²) in [4.78, 5) is 0. The highest BCUT2D eigenvalue weighted by Crippen LogP contribution is 2.28. The molecule has 1 aromatic carbocycles. The predicted molar refractivity (Wildman–Crippen MR) is 59.2 cm³/mol. The maximum absolute atomic E-state index is 9.76. The van der Waals surface area contributed by atoms with E-state index in [1.54, 1.807) is 0 Å². The zero-order valence-electron chi connectivity index (χ0n) is 8.53. The van der Waals surface area contributed by atoms with Gasteiger partial charge in [-0.2, -0.15) is 0 Å². The van der Waals surface area contributed by atoms with Crippen molar-refractivity contribution in [3.63, 3.8) is 0 Å². The van der Waals surface area contributed by atoms with E-state index in [2.05, 4.69) is 6.58 Å². The predicted octanol–water partition coefficient (Wildman–Crippen LogP) is 2.67. The monoisotopic (exact) mass is 191 g/mol. The molecular formula is C12H17NO. The van der Waals surface area contributed by atoms with Crippen molar-refractivity contribution in [2.24, 2.45) is 5.73 Å². The summed E-state index contributed by atoms with van der Waals surface area (Å²) >= 11 is 0. The molecule has 0 saturated carbocycles. The summed E-state index contributed by atoms with van der Waals surface area (Å²) in [5.41, 5.74) is 7.64. The molecule has 2 nitrogen and oxygen atoms in total. The van der Waals surface area contributed by atoms with Gasteiger partial charge in [-0.25, -0.2) is 0 Å². The Kier molecular flexibility index (Phi) is 3.72. The third kappa shape index (κ3) is 2.36. The van der Waals surface area contributed by atoms with Crippen molar-refractivity contribution in [2.75, 3.05) is 0 Å². The van der Waals surface area contributed by atoms with Crippen LogP contribution in [0.3, 0.4) is 0 Å². The summed E-state index contributed by atoms with van der Waals surface area (Å²) in [5.74, 6) is 0.323. The maximum atomic E-state index is 9.76. The molecule has 0 saturated heterocycles. The van der Waals surface area contributed by atoms with E-state index in [0.29, 0.717) is 5.75 Å². The lowest BCUT2D eigenvalue weighted by atomic mass is 10.00. The number of phenolic OH excluding ortho intramolecular Hbond substituents is 1. The van der Waals surface area contributed by atoms with Crippen LogP contribution in [0.5, 0.6) is 5.75 Å². The fourth-order valence-corrected chi connectivity index (χ4v) is 1.43. The van der Waals surface area contributed by atoms with Crippen molar-refractivity contribution in [3.05, 3.63) is 42.0 Å². The zero-order chi connectivity index (χ0) is 10.6. The Balaban J connectivity index is 2.83. The second kappa shape index (κ2) is 4.82. The van der Waals surface area contributed by atoms with Crippen LogP contribution in [0.15, 0.2) is 30.9 Å². The van der Waals surface area contributed by atoms with Crippen molar-refractivity contribution in [3.8, 4) is 5.75 Å². The first-order valence-electron chi connectivity index (χ1n) is 4.81. The van der Waals surface area contributed by atoms with Crippen molar-refractivity contribution in [2.45, 2.75) is 25.8 Å². The van der Waals surface area contributed by atoms with Crippen LogP contribution >= 0.6 is 0 Å². The van der Waals surface area contributed by atoms with Gasteiger partial charge in [0.15, 0.2) is 0 Å². The Bertz CT molecular complexity index is 320. The average Bonchev–Trinajstić information content (AvgIpc) is 2.18. The first kappa shape index (κ1) is 10.8. The van der Waals surface area contributed by atoms with Gasteiger partial charge in [-0.3, -0.25) is 0 Å². The van der Waals surface area contributed by atoms with Gasteiger partial charge in [0.2, 0.25) is 0 Å². The quantitative estimate of drug-likeness (QED) is 0.719. The largest absolute Gasteiger partial charge is 0.507 e. The first-order valence-corrected chi connectivity index (χ1v) is 4.81. The highest BCUT2D eigenvalue weighted by molar-refractivity contribution is 5.41. The molecule has 0 aliphatic heterocycles. The molecule has 0 radical (unpaired) electrons. The molecule has 0 bridgehead atoms. The van der Waals surface area contributed by atoms with Gasteiger partial charge in [0.1, 0.15) is 5.75 Å². The van der Waals surface area contributed by atoms with E-state index in [1.807, 2.05) is 31.2 Å². The van der Waals surface area contributed by atoms with Crippen molar-refractivity contribution in [1.29, 1.82) is 0 Å². The molecule has 1 aromatic rings. The van der Waals surface area contributed by atoms with Crippen LogP contribution in [-0.4, -0.2) is 5.11 Å². The fraction of sp³-hybridized carbons (Fsp3) is 0.333. The molecule has 0 amide bonds. The van der Waals surface area contributed by atoms with Crippen molar-refractivity contribution in [1.82, 2.24) is 0 Å². The van der Waals surface area contributed by atoms with Crippen LogP contribution in [0, 0.1) is 6.92 Å². The number of rotatable bonds is 4. The summed E-state index contributed by atoms with van der Waals surface area (Å²) in [7, 11) is 0. The number of aryl methyl sites for hydroxylation is 1. The molecule has 0 aliphatic rings. The van der Waals surface area contributed by atoms with Crippen LogP contribution in [-0.2, 0) is 0 Å². The molecule has 0 aliphatic carbocycles. The normalized spacial score (nSPS) is 12.4. The Morgan fingerprint density at radius 1 is 1.57 bits per heavy atom. The second-order valence-corrected chi connectivity index (χ2v) is 3.49. The number of nitrogens with two attached hydrogens (primary N) is 1. The van der Waals surface area contributed by atoms with E-state index in [4.69, 9.17) is 5.73 Å². The Morgan fingerprint density at radius 3 is 2.93 bits per heavy atom. The summed E-state index contributed by atoms with van der Waals surface area (Å²) in [6.45, 7) is 5.52. The second-order valence-electron chi connectivity index (χ2n) is 3.49. The number of phenols is 1. The summed E-state index contributed by atoms with van der Waals surface area (Å²) in [6.07, 6.45) is 3.53. The topological polar surface area (TPSA) is 46.2 Å². The van der Waals surface area contributed by atoms with E-state index in [1.165, 1.54) is 0 Å². The number of benzene rings is 1. The van der Waals surface area contributed by atoms with Gasteiger partial charge in [-0.1, -0.05) is 24.3 Å².